The van der Waals surface area contributed by atoms with E-state index in [1.54, 1.807) is 42.7 Å². The summed E-state index contributed by atoms with van der Waals surface area (Å²) in [6, 6.07) is 11.8. The zero-order valence-electron chi connectivity index (χ0n) is 27.2. The molecule has 0 unspecified atom stereocenters. The van der Waals surface area contributed by atoms with E-state index in [0.717, 1.165) is 17.2 Å². The molecule has 13 heteroatoms. The van der Waals surface area contributed by atoms with Gasteiger partial charge in [-0.25, -0.2) is 18.2 Å². The number of esters is 1. The van der Waals surface area contributed by atoms with E-state index in [0.29, 0.717) is 54.1 Å². The van der Waals surface area contributed by atoms with Gasteiger partial charge in [-0.05, 0) is 65.4 Å². The zero-order chi connectivity index (χ0) is 35.0. The quantitative estimate of drug-likeness (QED) is 0.144. The average molecular weight is 687 g/mol. The molecule has 1 aliphatic rings. The Kier molecular flexibility index (Phi) is 11.3. The number of halogens is 3. The molecule has 1 aliphatic heterocycles. The molecule has 1 saturated heterocycles. The van der Waals surface area contributed by atoms with Crippen LogP contribution >= 0.6 is 0 Å². The van der Waals surface area contributed by atoms with Crippen molar-refractivity contribution in [3.05, 3.63) is 125 Å². The molecule has 0 bridgehead atoms. The molecule has 0 aliphatic carbocycles. The van der Waals surface area contributed by atoms with Crippen molar-refractivity contribution >= 4 is 22.8 Å². The summed E-state index contributed by atoms with van der Waals surface area (Å²) < 4.78 is 53.9. The Hall–Kier alpha value is -4.98. The summed E-state index contributed by atoms with van der Waals surface area (Å²) in [6.45, 7) is 0.928. The number of aromatic nitrogens is 4. The van der Waals surface area contributed by atoms with Gasteiger partial charge in [0.25, 0.3) is 0 Å². The number of nitrogens with two attached hydrogens (primary N) is 1. The fraction of sp³-hybridized carbons (Fsp3) is 0.324. The zero-order valence-corrected chi connectivity index (χ0v) is 27.2. The lowest BCUT2D eigenvalue weighted by atomic mass is 9.82. The van der Waals surface area contributed by atoms with Gasteiger partial charge in [-0.15, -0.1) is 0 Å². The number of ether oxygens (including phenoxy) is 2. The Balaban J connectivity index is 0.996. The summed E-state index contributed by atoms with van der Waals surface area (Å²) in [5.74, 6) is -2.14. The maximum absolute atomic E-state index is 15.1. The molecular weight excluding hydrogens is 649 g/mol. The van der Waals surface area contributed by atoms with E-state index in [9.17, 15) is 18.4 Å². The Morgan fingerprint density at radius 3 is 2.32 bits per heavy atom. The molecule has 260 valence electrons. The van der Waals surface area contributed by atoms with Crippen molar-refractivity contribution in [2.24, 2.45) is 5.73 Å². The third-order valence-electron chi connectivity index (χ3n) is 8.88. The summed E-state index contributed by atoms with van der Waals surface area (Å²) in [5, 5.41) is 3.33. The second-order valence-corrected chi connectivity index (χ2v) is 12.4. The van der Waals surface area contributed by atoms with Crippen LogP contribution in [0.25, 0.3) is 11.0 Å². The van der Waals surface area contributed by atoms with Crippen molar-refractivity contribution in [1.29, 1.82) is 0 Å². The molecule has 10 nitrogen and oxygen atoms in total. The van der Waals surface area contributed by atoms with E-state index in [-0.39, 0.29) is 49.8 Å². The number of hydrogen-bond donors (Lipinski definition) is 3. The van der Waals surface area contributed by atoms with E-state index in [2.05, 4.69) is 25.3 Å². The van der Waals surface area contributed by atoms with Gasteiger partial charge in [-0.3, -0.25) is 19.6 Å². The van der Waals surface area contributed by atoms with Crippen LogP contribution in [0.4, 0.5) is 13.2 Å². The van der Waals surface area contributed by atoms with Gasteiger partial charge >= 0.3 is 5.97 Å². The van der Waals surface area contributed by atoms with E-state index < -0.39 is 29.4 Å². The van der Waals surface area contributed by atoms with E-state index in [1.165, 1.54) is 30.5 Å². The van der Waals surface area contributed by atoms with Gasteiger partial charge in [0.1, 0.15) is 29.9 Å². The van der Waals surface area contributed by atoms with Crippen LogP contribution in [0.2, 0.25) is 0 Å². The molecule has 6 rings (SSSR count). The van der Waals surface area contributed by atoms with Crippen LogP contribution in [0, 0.1) is 17.5 Å². The van der Waals surface area contributed by atoms with Crippen molar-refractivity contribution in [3.8, 4) is 0 Å². The van der Waals surface area contributed by atoms with Gasteiger partial charge < -0.3 is 25.5 Å². The standard InChI is InChI=1S/C37H37F3N6O4/c38-25-5-1-22(2-6-25)36(23-3-7-26(39)8-4-23)37(41)33(47)15-24-16-43-18-30(40)29(24)10-9-28-17-44-27(20-49-28)21-50-35(48)12-11-34-45-31-13-14-42-19-32(31)46-34/h1-8,13-14,16,18-19,27-28,36-37,44H,9-12,15,17,20-21,41H2,(H,45,46)/t27-,28+,37+/m0/s1. The van der Waals surface area contributed by atoms with Crippen molar-refractivity contribution in [2.75, 3.05) is 19.8 Å². The number of nitrogens with one attached hydrogen (secondary N) is 2. The molecule has 3 aromatic heterocycles. The molecule has 0 radical (unpaired) electrons. The highest BCUT2D eigenvalue weighted by molar-refractivity contribution is 5.87. The number of rotatable bonds is 14. The van der Waals surface area contributed by atoms with Crippen LogP contribution in [-0.4, -0.2) is 69.6 Å². The number of ketones is 1. The lowest BCUT2D eigenvalue weighted by molar-refractivity contribution is -0.145. The first-order chi connectivity index (χ1) is 24.2. The predicted octanol–water partition coefficient (Wildman–Crippen LogP) is 4.51. The molecule has 50 heavy (non-hydrogen) atoms. The number of carbonyl (C=O) groups excluding carboxylic acids is 2. The Bertz CT molecular complexity index is 1830. The smallest absolute Gasteiger partial charge is 0.306 e. The number of morpholine rings is 1. The highest BCUT2D eigenvalue weighted by atomic mass is 19.1. The summed E-state index contributed by atoms with van der Waals surface area (Å²) in [7, 11) is 0. The molecule has 3 atom stereocenters. The van der Waals surface area contributed by atoms with Gasteiger partial charge in [0, 0.05) is 37.7 Å². The number of carbonyl (C=O) groups is 2. The Morgan fingerprint density at radius 2 is 1.66 bits per heavy atom. The van der Waals surface area contributed by atoms with Gasteiger partial charge in [-0.2, -0.15) is 0 Å². The van der Waals surface area contributed by atoms with Crippen LogP contribution in [-0.2, 0) is 38.3 Å². The predicted molar refractivity (Wildman–Crippen MR) is 179 cm³/mol. The fourth-order valence-electron chi connectivity index (χ4n) is 6.15. The number of nitrogens with zero attached hydrogens (tertiary/aromatic N) is 3. The molecule has 4 N–H and O–H groups in total. The highest BCUT2D eigenvalue weighted by Gasteiger charge is 2.29. The first-order valence-electron chi connectivity index (χ1n) is 16.4. The van der Waals surface area contributed by atoms with Crippen molar-refractivity contribution in [3.63, 3.8) is 0 Å². The minimum atomic E-state index is -1.08. The number of Topliss-reactive ketones (excluding diaryl/α,β-unsaturated/α-hetero) is 1. The van der Waals surface area contributed by atoms with Crippen LogP contribution in [0.15, 0.2) is 79.4 Å². The number of aryl methyl sites for hydroxylation is 1. The van der Waals surface area contributed by atoms with Gasteiger partial charge in [0.05, 0.1) is 54.6 Å². The maximum Gasteiger partial charge on any atom is 0.306 e. The van der Waals surface area contributed by atoms with Crippen molar-refractivity contribution < 1.29 is 32.2 Å². The third kappa shape index (κ3) is 8.78. The Morgan fingerprint density at radius 1 is 0.940 bits per heavy atom. The largest absolute Gasteiger partial charge is 0.464 e. The van der Waals surface area contributed by atoms with Gasteiger partial charge in [0.15, 0.2) is 5.78 Å². The number of pyridine rings is 2. The SMILES string of the molecule is N[C@H](C(=O)Cc1cncc(F)c1CC[C@@H]1CN[C@H](COC(=O)CCc2nc3ccncc3[nH]2)CO1)C(c1ccc(F)cc1)c1ccc(F)cc1. The topological polar surface area (TPSA) is 145 Å². The molecule has 5 aromatic rings. The lowest BCUT2D eigenvalue weighted by Crippen LogP contribution is -2.49. The van der Waals surface area contributed by atoms with Crippen molar-refractivity contribution in [1.82, 2.24) is 25.3 Å². The number of hydrogen-bond acceptors (Lipinski definition) is 9. The average Bonchev–Trinajstić information content (AvgIpc) is 3.55. The minimum Gasteiger partial charge on any atom is -0.464 e. The third-order valence-corrected chi connectivity index (χ3v) is 8.88. The lowest BCUT2D eigenvalue weighted by Gasteiger charge is -2.30. The van der Waals surface area contributed by atoms with Gasteiger partial charge in [-0.1, -0.05) is 24.3 Å². The maximum atomic E-state index is 15.1. The summed E-state index contributed by atoms with van der Waals surface area (Å²) >= 11 is 0. The van der Waals surface area contributed by atoms with E-state index in [1.807, 2.05) is 0 Å². The fourth-order valence-corrected chi connectivity index (χ4v) is 6.15. The second-order valence-electron chi connectivity index (χ2n) is 12.4. The first kappa shape index (κ1) is 34.9. The molecule has 0 amide bonds. The number of imidazole rings is 1. The highest BCUT2D eigenvalue weighted by Crippen LogP contribution is 2.29. The molecule has 0 spiro atoms. The molecule has 2 aromatic carbocycles. The van der Waals surface area contributed by atoms with Crippen molar-refractivity contribution in [2.45, 2.75) is 56.2 Å². The van der Waals surface area contributed by atoms with Crippen LogP contribution in [0.3, 0.4) is 0 Å². The second kappa shape index (κ2) is 16.2. The summed E-state index contributed by atoms with van der Waals surface area (Å²) in [6.07, 6.45) is 6.85. The Labute approximate surface area is 286 Å². The first-order valence-corrected chi connectivity index (χ1v) is 16.4. The summed E-state index contributed by atoms with van der Waals surface area (Å²) in [4.78, 5) is 41.5. The van der Waals surface area contributed by atoms with Crippen LogP contribution in [0.5, 0.6) is 0 Å². The van der Waals surface area contributed by atoms with Gasteiger partial charge in [0.2, 0.25) is 0 Å². The van der Waals surface area contributed by atoms with E-state index >= 15 is 4.39 Å². The number of fused-ring (bicyclic) bond motifs is 1. The summed E-state index contributed by atoms with van der Waals surface area (Å²) in [5.41, 5.74) is 10.1. The molecule has 4 heterocycles. The monoisotopic (exact) mass is 686 g/mol. The minimum absolute atomic E-state index is 0.151. The molecule has 0 saturated carbocycles. The van der Waals surface area contributed by atoms with Crippen LogP contribution < -0.4 is 11.1 Å². The number of H-pyrrole nitrogens is 1. The molecular formula is C37H37F3N6O4. The van der Waals surface area contributed by atoms with Crippen LogP contribution in [0.1, 0.15) is 46.8 Å². The number of benzene rings is 2. The normalized spacial score (nSPS) is 16.8. The number of aromatic amines is 1. The molecule has 1 fully saturated rings. The van der Waals surface area contributed by atoms with E-state index in [4.69, 9.17) is 15.2 Å².